The Balaban J connectivity index is 2.31. The first-order valence-corrected chi connectivity index (χ1v) is 29.1. The van der Waals surface area contributed by atoms with Gasteiger partial charge in [0.2, 0.25) is 0 Å². The van der Waals surface area contributed by atoms with Crippen LogP contribution in [0, 0.1) is 0 Å². The zero-order valence-corrected chi connectivity index (χ0v) is 44.2. The van der Waals surface area contributed by atoms with Crippen LogP contribution in [0.4, 0.5) is 0 Å². The second-order valence-corrected chi connectivity index (χ2v) is 20.5. The molecule has 1 rings (SSSR count). The molecule has 0 amide bonds. The number of aliphatic hydroxyl groups is 5. The third kappa shape index (κ3) is 37.5. The van der Waals surface area contributed by atoms with Gasteiger partial charge in [-0.15, -0.1) is 0 Å². The topological polar surface area (TPSA) is 192 Å². The minimum atomic E-state index is -5.03. The lowest BCUT2D eigenvalue weighted by Crippen LogP contribution is -2.64. The van der Waals surface area contributed by atoms with E-state index in [1.165, 1.54) is 128 Å². The molecule has 0 radical (unpaired) electrons. The minimum absolute atomic E-state index is 0.0814. The molecule has 0 aromatic heterocycles. The molecule has 0 spiro atoms. The third-order valence-corrected chi connectivity index (χ3v) is 13.6. The van der Waals surface area contributed by atoms with Crippen LogP contribution in [0.2, 0.25) is 0 Å². The predicted octanol–water partition coefficient (Wildman–Crippen LogP) is 12.9. The second kappa shape index (κ2) is 45.9. The normalized spacial score (nSPS) is 21.4. The van der Waals surface area contributed by atoms with E-state index in [2.05, 4.69) is 74.6 Å². The maximum atomic E-state index is 12.9. The highest BCUT2D eigenvalue weighted by Crippen LogP contribution is 2.47. The van der Waals surface area contributed by atoms with Gasteiger partial charge in [-0.2, -0.15) is 0 Å². The predicted molar refractivity (Wildman–Crippen MR) is 281 cm³/mol. The fraction of sp³-hybridized carbons (Fsp3) is 0.804. The monoisotopic (exact) mass is 997 g/mol. The van der Waals surface area contributed by atoms with Gasteiger partial charge in [0.15, 0.2) is 0 Å². The van der Waals surface area contributed by atoms with Crippen LogP contribution in [0.25, 0.3) is 0 Å². The molecule has 1 fully saturated rings. The van der Waals surface area contributed by atoms with Crippen LogP contribution in [0.5, 0.6) is 0 Å². The van der Waals surface area contributed by atoms with Crippen molar-refractivity contribution < 1.29 is 58.3 Å². The van der Waals surface area contributed by atoms with E-state index in [-0.39, 0.29) is 13.0 Å². The van der Waals surface area contributed by atoms with Gasteiger partial charge in [0, 0.05) is 13.0 Å². The van der Waals surface area contributed by atoms with Crippen LogP contribution in [0.15, 0.2) is 60.8 Å². The quantitative estimate of drug-likeness (QED) is 0.0147. The number of hydrogen-bond acceptors (Lipinski definition) is 11. The van der Waals surface area contributed by atoms with E-state index in [4.69, 9.17) is 18.5 Å². The molecule has 1 aliphatic rings. The summed E-state index contributed by atoms with van der Waals surface area (Å²) in [5.41, 5.74) is 0. The van der Waals surface area contributed by atoms with Crippen molar-refractivity contribution in [2.45, 2.75) is 268 Å². The van der Waals surface area contributed by atoms with Gasteiger partial charge in [-0.1, -0.05) is 203 Å². The van der Waals surface area contributed by atoms with E-state index in [0.29, 0.717) is 13.0 Å². The Labute approximate surface area is 419 Å². The van der Waals surface area contributed by atoms with Gasteiger partial charge in [0.1, 0.15) is 42.7 Å². The van der Waals surface area contributed by atoms with Crippen LogP contribution in [-0.4, -0.2) is 98.9 Å². The van der Waals surface area contributed by atoms with Crippen molar-refractivity contribution in [3.05, 3.63) is 60.8 Å². The van der Waals surface area contributed by atoms with Crippen molar-refractivity contribution in [3.8, 4) is 0 Å². The fourth-order valence-electron chi connectivity index (χ4n) is 8.28. The Hall–Kier alpha value is -1.96. The standard InChI is InChI=1S/C56H101O12P/c1-3-5-7-9-11-13-15-17-19-21-23-24-25-26-27-29-31-33-35-37-39-41-43-45-50(57)67-49(48-66-69(63,64)68-56-54(61)52(59)51(58)53(60)55(56)62)47-65-46-44-42-40-38-36-34-32-30-28-22-20-18-16-14-12-10-8-6-4-2/h5,7,11,13,17,19-20,22-24,49,51-56,58-62H,3-4,6,8-10,12,14-16,18,21,25-48H2,1-2H3,(H,63,64)/b7-5-,13-11-,19-17-,22-20-,24-23-. The maximum absolute atomic E-state index is 12.9. The molecule has 0 saturated heterocycles. The van der Waals surface area contributed by atoms with E-state index in [0.717, 1.165) is 70.6 Å². The third-order valence-electron chi connectivity index (χ3n) is 12.6. The number of phosphoric ester groups is 1. The summed E-state index contributed by atoms with van der Waals surface area (Å²) in [6.45, 7) is 4.16. The molecule has 12 nitrogen and oxygen atoms in total. The summed E-state index contributed by atoms with van der Waals surface area (Å²) < 4.78 is 34.4. The molecular formula is C56H101O12P. The molecule has 69 heavy (non-hydrogen) atoms. The molecule has 13 heteroatoms. The van der Waals surface area contributed by atoms with Gasteiger partial charge >= 0.3 is 13.8 Å². The summed E-state index contributed by atoms with van der Waals surface area (Å²) in [6.07, 6.45) is 47.1. The number of aliphatic hydroxyl groups excluding tert-OH is 5. The lowest BCUT2D eigenvalue weighted by molar-refractivity contribution is -0.220. The van der Waals surface area contributed by atoms with Gasteiger partial charge in [0.25, 0.3) is 0 Å². The summed E-state index contributed by atoms with van der Waals surface area (Å²) in [5.74, 6) is -0.482. The Morgan fingerprint density at radius 3 is 1.32 bits per heavy atom. The first-order valence-electron chi connectivity index (χ1n) is 27.6. The summed E-state index contributed by atoms with van der Waals surface area (Å²) in [7, 11) is -5.03. The lowest BCUT2D eigenvalue weighted by atomic mass is 9.85. The highest BCUT2D eigenvalue weighted by Gasteiger charge is 2.51. The molecule has 6 N–H and O–H groups in total. The average molecular weight is 997 g/mol. The number of esters is 1. The van der Waals surface area contributed by atoms with E-state index < -0.39 is 63.1 Å². The number of hydrogen-bond donors (Lipinski definition) is 6. The number of phosphoric acid groups is 1. The maximum Gasteiger partial charge on any atom is 0.472 e. The molecule has 6 unspecified atom stereocenters. The molecule has 0 heterocycles. The first-order chi connectivity index (χ1) is 33.5. The largest absolute Gasteiger partial charge is 0.472 e. The molecule has 0 aliphatic heterocycles. The van der Waals surface area contributed by atoms with Crippen molar-refractivity contribution in [3.63, 3.8) is 0 Å². The molecule has 0 aromatic rings. The molecule has 6 atom stereocenters. The summed E-state index contributed by atoms with van der Waals surface area (Å²) in [4.78, 5) is 23.3. The molecule has 0 aromatic carbocycles. The number of carbonyl (C=O) groups is 1. The molecule has 1 saturated carbocycles. The van der Waals surface area contributed by atoms with Crippen LogP contribution in [-0.2, 0) is 27.9 Å². The van der Waals surface area contributed by atoms with Crippen LogP contribution in [0.1, 0.15) is 226 Å². The number of rotatable bonds is 47. The van der Waals surface area contributed by atoms with Gasteiger partial charge in [-0.05, 0) is 77.0 Å². The second-order valence-electron chi connectivity index (χ2n) is 19.0. The van der Waals surface area contributed by atoms with Crippen LogP contribution < -0.4 is 0 Å². The van der Waals surface area contributed by atoms with Crippen LogP contribution in [0.3, 0.4) is 0 Å². The van der Waals surface area contributed by atoms with Crippen molar-refractivity contribution in [2.75, 3.05) is 19.8 Å². The van der Waals surface area contributed by atoms with E-state index in [1.54, 1.807) is 0 Å². The summed E-state index contributed by atoms with van der Waals surface area (Å²) >= 11 is 0. The molecule has 0 bridgehead atoms. The number of ether oxygens (including phenoxy) is 2. The van der Waals surface area contributed by atoms with Gasteiger partial charge in [-0.25, -0.2) is 4.57 Å². The van der Waals surface area contributed by atoms with E-state index in [9.17, 15) is 39.8 Å². The van der Waals surface area contributed by atoms with E-state index >= 15 is 0 Å². The number of unbranched alkanes of at least 4 members (excludes halogenated alkanes) is 25. The SMILES string of the molecule is CC/C=C\C/C=C\C/C=C\C/C=C\CCCCCCCCCCCCC(=O)OC(COCCCCCCCCCC/C=C\CCCCCCCCC)COP(=O)(O)OC1C(O)C(O)C(O)C(O)C1O. The van der Waals surface area contributed by atoms with Crippen molar-refractivity contribution in [1.82, 2.24) is 0 Å². The zero-order chi connectivity index (χ0) is 50.5. The Morgan fingerprint density at radius 1 is 0.478 bits per heavy atom. The number of carbonyl (C=O) groups excluding carboxylic acids is 1. The Kier molecular flexibility index (Phi) is 43.2. The summed E-state index contributed by atoms with van der Waals surface area (Å²) in [5, 5.41) is 50.4. The zero-order valence-electron chi connectivity index (χ0n) is 43.4. The van der Waals surface area contributed by atoms with Crippen LogP contribution >= 0.6 is 7.82 Å². The smallest absolute Gasteiger partial charge is 0.457 e. The van der Waals surface area contributed by atoms with Crippen molar-refractivity contribution in [1.29, 1.82) is 0 Å². The lowest BCUT2D eigenvalue weighted by Gasteiger charge is -2.41. The Bertz CT molecular complexity index is 1370. The first kappa shape index (κ1) is 65.1. The fourth-order valence-corrected chi connectivity index (χ4v) is 9.26. The van der Waals surface area contributed by atoms with Crippen molar-refractivity contribution in [2.24, 2.45) is 0 Å². The Morgan fingerprint density at radius 2 is 0.855 bits per heavy atom. The van der Waals surface area contributed by atoms with Gasteiger partial charge < -0.3 is 39.9 Å². The van der Waals surface area contributed by atoms with Crippen molar-refractivity contribution >= 4 is 13.8 Å². The molecular weight excluding hydrogens is 896 g/mol. The van der Waals surface area contributed by atoms with E-state index in [1.807, 2.05) is 0 Å². The molecule has 1 aliphatic carbocycles. The van der Waals surface area contributed by atoms with Gasteiger partial charge in [0.05, 0.1) is 13.2 Å². The minimum Gasteiger partial charge on any atom is -0.457 e. The highest BCUT2D eigenvalue weighted by molar-refractivity contribution is 7.47. The number of allylic oxidation sites excluding steroid dienone is 10. The average Bonchev–Trinajstić information content (AvgIpc) is 3.34. The molecule has 402 valence electrons. The van der Waals surface area contributed by atoms with Gasteiger partial charge in [-0.3, -0.25) is 13.8 Å². The summed E-state index contributed by atoms with van der Waals surface area (Å²) in [6, 6.07) is 0. The highest BCUT2D eigenvalue weighted by atomic mass is 31.2.